The Morgan fingerprint density at radius 2 is 1.35 bits per heavy atom. The fraction of sp³-hybridized carbons (Fsp3) is 0.429. The molecule has 2 N–H and O–H groups in total. The molecule has 2 aromatic rings. The molecule has 0 spiro atoms. The standard InChI is InChI=1S/C21H29NO/c1-14-8-15(2)12-20(11-14)23-7-6-19(13-22)21-17(4)9-16(3)10-18(21)5/h8-12,19H,6-7,13,22H2,1-5H3. The summed E-state index contributed by atoms with van der Waals surface area (Å²) in [6.07, 6.45) is 0.939. The second-order valence-electron chi connectivity index (χ2n) is 6.71. The molecule has 0 aliphatic carbocycles. The van der Waals surface area contributed by atoms with Crippen molar-refractivity contribution in [1.29, 1.82) is 0 Å². The molecule has 0 aliphatic rings. The molecule has 2 heteroatoms. The lowest BCUT2D eigenvalue weighted by Gasteiger charge is -2.21. The summed E-state index contributed by atoms with van der Waals surface area (Å²) in [5.41, 5.74) is 13.9. The van der Waals surface area contributed by atoms with Crippen LogP contribution in [0.25, 0.3) is 0 Å². The number of hydrogen-bond acceptors (Lipinski definition) is 2. The molecule has 0 saturated carbocycles. The van der Waals surface area contributed by atoms with Gasteiger partial charge in [-0.2, -0.15) is 0 Å². The van der Waals surface area contributed by atoms with Gasteiger partial charge >= 0.3 is 0 Å². The van der Waals surface area contributed by atoms with Crippen LogP contribution < -0.4 is 10.5 Å². The van der Waals surface area contributed by atoms with Gasteiger partial charge in [0.1, 0.15) is 5.75 Å². The summed E-state index contributed by atoms with van der Waals surface area (Å²) in [6, 6.07) is 10.8. The van der Waals surface area contributed by atoms with Crippen molar-refractivity contribution in [2.45, 2.75) is 47.0 Å². The molecule has 0 heterocycles. The zero-order chi connectivity index (χ0) is 17.0. The summed E-state index contributed by atoms with van der Waals surface area (Å²) in [5.74, 6) is 1.30. The van der Waals surface area contributed by atoms with E-state index in [1.165, 1.54) is 33.4 Å². The fourth-order valence-corrected chi connectivity index (χ4v) is 3.55. The van der Waals surface area contributed by atoms with Gasteiger partial charge in [0.25, 0.3) is 0 Å². The van der Waals surface area contributed by atoms with Gasteiger partial charge in [0, 0.05) is 0 Å². The van der Waals surface area contributed by atoms with Gasteiger partial charge in [-0.3, -0.25) is 0 Å². The van der Waals surface area contributed by atoms with Crippen LogP contribution in [0.3, 0.4) is 0 Å². The maximum absolute atomic E-state index is 6.05. The molecule has 0 aromatic heterocycles. The predicted molar refractivity (Wildman–Crippen MR) is 98.5 cm³/mol. The monoisotopic (exact) mass is 311 g/mol. The second kappa shape index (κ2) is 7.65. The van der Waals surface area contributed by atoms with Crippen molar-refractivity contribution >= 4 is 0 Å². The molecule has 2 nitrogen and oxygen atoms in total. The molecule has 0 aliphatic heterocycles. The SMILES string of the molecule is Cc1cc(C)cc(OCCC(CN)c2c(C)cc(C)cc2C)c1. The summed E-state index contributed by atoms with van der Waals surface area (Å²) in [7, 11) is 0. The predicted octanol–water partition coefficient (Wildman–Crippen LogP) is 4.74. The molecule has 124 valence electrons. The molecule has 1 unspecified atom stereocenters. The highest BCUT2D eigenvalue weighted by molar-refractivity contribution is 5.40. The Kier molecular flexibility index (Phi) is 5.84. The quantitative estimate of drug-likeness (QED) is 0.836. The summed E-state index contributed by atoms with van der Waals surface area (Å²) < 4.78 is 5.97. The Balaban J connectivity index is 2.06. The Hall–Kier alpha value is -1.80. The van der Waals surface area contributed by atoms with Crippen molar-refractivity contribution in [2.75, 3.05) is 13.2 Å². The third kappa shape index (κ3) is 4.59. The van der Waals surface area contributed by atoms with Gasteiger partial charge in [-0.05, 0) is 93.5 Å². The maximum atomic E-state index is 6.05. The van der Waals surface area contributed by atoms with Gasteiger partial charge in [0.05, 0.1) is 6.61 Å². The number of hydrogen-bond donors (Lipinski definition) is 1. The van der Waals surface area contributed by atoms with E-state index in [2.05, 4.69) is 65.0 Å². The van der Waals surface area contributed by atoms with E-state index in [0.29, 0.717) is 19.1 Å². The molecule has 0 saturated heterocycles. The van der Waals surface area contributed by atoms with E-state index < -0.39 is 0 Å². The van der Waals surface area contributed by atoms with E-state index in [0.717, 1.165) is 12.2 Å². The van der Waals surface area contributed by atoms with Crippen LogP contribution in [0, 0.1) is 34.6 Å². The summed E-state index contributed by atoms with van der Waals surface area (Å²) in [6.45, 7) is 12.1. The lowest BCUT2D eigenvalue weighted by molar-refractivity contribution is 0.297. The van der Waals surface area contributed by atoms with Gasteiger partial charge in [0.2, 0.25) is 0 Å². The molecule has 0 fully saturated rings. The zero-order valence-corrected chi connectivity index (χ0v) is 15.1. The molecule has 23 heavy (non-hydrogen) atoms. The first-order chi connectivity index (χ1) is 10.9. The van der Waals surface area contributed by atoms with Crippen LogP contribution in [0.4, 0.5) is 0 Å². The summed E-state index contributed by atoms with van der Waals surface area (Å²) >= 11 is 0. The largest absolute Gasteiger partial charge is 0.494 e. The van der Waals surface area contributed by atoms with E-state index in [4.69, 9.17) is 10.5 Å². The minimum atomic E-state index is 0.349. The third-order valence-corrected chi connectivity index (χ3v) is 4.36. The topological polar surface area (TPSA) is 35.2 Å². The van der Waals surface area contributed by atoms with Crippen LogP contribution in [-0.4, -0.2) is 13.2 Å². The van der Waals surface area contributed by atoms with Crippen LogP contribution in [0.15, 0.2) is 30.3 Å². The van der Waals surface area contributed by atoms with E-state index >= 15 is 0 Å². The Morgan fingerprint density at radius 1 is 0.826 bits per heavy atom. The third-order valence-electron chi connectivity index (χ3n) is 4.36. The van der Waals surface area contributed by atoms with Crippen molar-refractivity contribution in [3.63, 3.8) is 0 Å². The molecule has 0 radical (unpaired) electrons. The van der Waals surface area contributed by atoms with E-state index in [9.17, 15) is 0 Å². The van der Waals surface area contributed by atoms with E-state index in [-0.39, 0.29) is 0 Å². The van der Waals surface area contributed by atoms with Gasteiger partial charge in [0.15, 0.2) is 0 Å². The number of benzene rings is 2. The number of ether oxygens (including phenoxy) is 1. The molecule has 2 rings (SSSR count). The first-order valence-electron chi connectivity index (χ1n) is 8.39. The smallest absolute Gasteiger partial charge is 0.119 e. The van der Waals surface area contributed by atoms with Crippen LogP contribution in [0.1, 0.15) is 45.7 Å². The lowest BCUT2D eigenvalue weighted by Crippen LogP contribution is -2.18. The van der Waals surface area contributed by atoms with Crippen molar-refractivity contribution in [2.24, 2.45) is 5.73 Å². The Morgan fingerprint density at radius 3 is 1.87 bits per heavy atom. The number of nitrogens with two attached hydrogens (primary N) is 1. The second-order valence-corrected chi connectivity index (χ2v) is 6.71. The first-order valence-corrected chi connectivity index (χ1v) is 8.39. The van der Waals surface area contributed by atoms with Crippen LogP contribution in [0.5, 0.6) is 5.75 Å². The number of rotatable bonds is 6. The molecule has 0 amide bonds. The minimum Gasteiger partial charge on any atom is -0.494 e. The average molecular weight is 311 g/mol. The van der Waals surface area contributed by atoms with Crippen molar-refractivity contribution in [3.8, 4) is 5.75 Å². The molecular formula is C21H29NO. The molecule has 1 atom stereocenters. The van der Waals surface area contributed by atoms with Crippen molar-refractivity contribution in [1.82, 2.24) is 0 Å². The Bertz CT molecular complexity index is 632. The minimum absolute atomic E-state index is 0.349. The average Bonchev–Trinajstić information content (AvgIpc) is 2.43. The van der Waals surface area contributed by atoms with E-state index in [1.807, 2.05) is 0 Å². The van der Waals surface area contributed by atoms with Gasteiger partial charge < -0.3 is 10.5 Å². The highest BCUT2D eigenvalue weighted by Gasteiger charge is 2.15. The molecule has 0 bridgehead atoms. The summed E-state index contributed by atoms with van der Waals surface area (Å²) in [4.78, 5) is 0. The maximum Gasteiger partial charge on any atom is 0.119 e. The lowest BCUT2D eigenvalue weighted by atomic mass is 9.87. The molecule has 2 aromatic carbocycles. The van der Waals surface area contributed by atoms with Crippen LogP contribution in [0.2, 0.25) is 0 Å². The fourth-order valence-electron chi connectivity index (χ4n) is 3.55. The van der Waals surface area contributed by atoms with Crippen LogP contribution >= 0.6 is 0 Å². The van der Waals surface area contributed by atoms with Crippen LogP contribution in [-0.2, 0) is 0 Å². The van der Waals surface area contributed by atoms with Crippen molar-refractivity contribution in [3.05, 3.63) is 63.7 Å². The van der Waals surface area contributed by atoms with Gasteiger partial charge in [-0.15, -0.1) is 0 Å². The number of aryl methyl sites for hydroxylation is 5. The first kappa shape index (κ1) is 17.6. The highest BCUT2D eigenvalue weighted by Crippen LogP contribution is 2.27. The highest BCUT2D eigenvalue weighted by atomic mass is 16.5. The Labute approximate surface area is 140 Å². The van der Waals surface area contributed by atoms with Gasteiger partial charge in [-0.25, -0.2) is 0 Å². The summed E-state index contributed by atoms with van der Waals surface area (Å²) in [5, 5.41) is 0. The normalized spacial score (nSPS) is 12.3. The molecular weight excluding hydrogens is 282 g/mol. The van der Waals surface area contributed by atoms with E-state index in [1.54, 1.807) is 0 Å². The van der Waals surface area contributed by atoms with Crippen molar-refractivity contribution < 1.29 is 4.74 Å². The van der Waals surface area contributed by atoms with Gasteiger partial charge in [-0.1, -0.05) is 23.8 Å². The zero-order valence-electron chi connectivity index (χ0n) is 15.1.